The van der Waals surface area contributed by atoms with Gasteiger partial charge in [0.05, 0.1) is 17.1 Å². The van der Waals surface area contributed by atoms with Crippen molar-refractivity contribution in [3.05, 3.63) is 52.5 Å². The van der Waals surface area contributed by atoms with Gasteiger partial charge in [0.2, 0.25) is 10.0 Å². The summed E-state index contributed by atoms with van der Waals surface area (Å²) in [6.45, 7) is 4.88. The normalized spacial score (nSPS) is 11.2. The lowest BCUT2D eigenvalue weighted by Crippen LogP contribution is -2.24. The first-order valence-electron chi connectivity index (χ1n) is 9.20. The molecule has 2 rings (SSSR count). The van der Waals surface area contributed by atoms with Crippen molar-refractivity contribution in [2.45, 2.75) is 38.0 Å². The smallest absolute Gasteiger partial charge is 0.259 e. The van der Waals surface area contributed by atoms with E-state index < -0.39 is 10.0 Å². The number of sulfonamides is 1. The first-order chi connectivity index (χ1) is 13.4. The van der Waals surface area contributed by atoms with Gasteiger partial charge in [0, 0.05) is 16.7 Å². The zero-order valence-corrected chi connectivity index (χ0v) is 18.4. The molecule has 1 amide bonds. The van der Waals surface area contributed by atoms with Crippen molar-refractivity contribution in [3.63, 3.8) is 0 Å². The summed E-state index contributed by atoms with van der Waals surface area (Å²) >= 11 is 3.37. The average molecular weight is 469 g/mol. The van der Waals surface area contributed by atoms with E-state index in [1.54, 1.807) is 24.3 Å². The summed E-state index contributed by atoms with van der Waals surface area (Å²) in [7, 11) is -3.53. The van der Waals surface area contributed by atoms with Crippen LogP contribution < -0.4 is 14.8 Å². The van der Waals surface area contributed by atoms with E-state index in [9.17, 15) is 13.2 Å². The Hall–Kier alpha value is -1.90. The lowest BCUT2D eigenvalue weighted by Gasteiger charge is -2.12. The number of carbonyl (C=O) groups is 1. The Bertz CT molecular complexity index is 899. The van der Waals surface area contributed by atoms with Crippen molar-refractivity contribution in [2.24, 2.45) is 0 Å². The van der Waals surface area contributed by atoms with E-state index in [4.69, 9.17) is 4.74 Å². The molecule has 6 nitrogen and oxygen atoms in total. The minimum Gasteiger partial charge on any atom is -0.493 e. The summed E-state index contributed by atoms with van der Waals surface area (Å²) in [5, 5.41) is 2.78. The minimum absolute atomic E-state index is 0.157. The zero-order valence-electron chi connectivity index (χ0n) is 16.0. The van der Waals surface area contributed by atoms with Crippen LogP contribution in [0.1, 0.15) is 43.5 Å². The maximum Gasteiger partial charge on any atom is 0.259 e. The Balaban J connectivity index is 2.13. The molecule has 0 saturated heterocycles. The number of benzene rings is 2. The molecule has 0 spiro atoms. The molecule has 0 aliphatic heterocycles. The second-order valence-corrected chi connectivity index (χ2v) is 8.90. The van der Waals surface area contributed by atoms with Crippen LogP contribution in [-0.4, -0.2) is 27.5 Å². The highest BCUT2D eigenvalue weighted by atomic mass is 79.9. The Morgan fingerprint density at radius 2 is 1.79 bits per heavy atom. The number of hydrogen-bond donors (Lipinski definition) is 2. The topological polar surface area (TPSA) is 84.5 Å². The Labute approximate surface area is 174 Å². The van der Waals surface area contributed by atoms with Gasteiger partial charge in [-0.25, -0.2) is 13.1 Å². The molecule has 0 radical (unpaired) electrons. The molecule has 2 aromatic carbocycles. The molecule has 2 aromatic rings. The van der Waals surface area contributed by atoms with Crippen LogP contribution in [-0.2, 0) is 10.0 Å². The van der Waals surface area contributed by atoms with Gasteiger partial charge in [0.15, 0.2) is 0 Å². The quantitative estimate of drug-likeness (QED) is 0.500. The van der Waals surface area contributed by atoms with Gasteiger partial charge in [-0.1, -0.05) is 36.2 Å². The maximum atomic E-state index is 12.7. The largest absolute Gasteiger partial charge is 0.493 e. The molecule has 0 aromatic heterocycles. The molecule has 0 atom stereocenters. The zero-order chi connectivity index (χ0) is 20.6. The molecular formula is C20H25BrN2O4S. The predicted molar refractivity (Wildman–Crippen MR) is 114 cm³/mol. The molecular weight excluding hydrogens is 444 g/mol. The predicted octanol–water partition coefficient (Wildman–Crippen LogP) is 4.57. The fraction of sp³-hybridized carbons (Fsp3) is 0.350. The van der Waals surface area contributed by atoms with E-state index in [2.05, 4.69) is 32.9 Å². The molecule has 8 heteroatoms. The third kappa shape index (κ3) is 6.32. The average Bonchev–Trinajstić information content (AvgIpc) is 2.68. The van der Waals surface area contributed by atoms with Crippen molar-refractivity contribution in [3.8, 4) is 5.75 Å². The van der Waals surface area contributed by atoms with Crippen LogP contribution in [0, 0.1) is 0 Å². The van der Waals surface area contributed by atoms with Gasteiger partial charge in [0.25, 0.3) is 5.91 Å². The summed E-state index contributed by atoms with van der Waals surface area (Å²) in [5.74, 6) is 0.185. The fourth-order valence-corrected chi connectivity index (χ4v) is 3.86. The number of nitrogens with one attached hydrogen (secondary N) is 2. The molecule has 0 saturated carbocycles. The fourth-order valence-electron chi connectivity index (χ4n) is 2.37. The first kappa shape index (κ1) is 22.4. The van der Waals surface area contributed by atoms with E-state index in [1.165, 1.54) is 12.1 Å². The number of ether oxygens (including phenoxy) is 1. The van der Waals surface area contributed by atoms with Crippen LogP contribution in [0.2, 0.25) is 0 Å². The summed E-state index contributed by atoms with van der Waals surface area (Å²) in [5.41, 5.74) is 0.908. The molecule has 0 heterocycles. The summed E-state index contributed by atoms with van der Waals surface area (Å²) in [6.07, 6.45) is 2.61. The maximum absolute atomic E-state index is 12.7. The van der Waals surface area contributed by atoms with Crippen molar-refractivity contribution in [1.29, 1.82) is 0 Å². The van der Waals surface area contributed by atoms with E-state index in [0.29, 0.717) is 36.6 Å². The van der Waals surface area contributed by atoms with Crippen molar-refractivity contribution < 1.29 is 17.9 Å². The van der Waals surface area contributed by atoms with Crippen molar-refractivity contribution in [2.75, 3.05) is 18.5 Å². The van der Waals surface area contributed by atoms with Crippen LogP contribution >= 0.6 is 15.9 Å². The van der Waals surface area contributed by atoms with Gasteiger partial charge in [-0.3, -0.25) is 4.79 Å². The lowest BCUT2D eigenvalue weighted by atomic mass is 10.2. The lowest BCUT2D eigenvalue weighted by molar-refractivity contribution is 0.102. The highest BCUT2D eigenvalue weighted by Gasteiger charge is 2.16. The Kier molecular flexibility index (Phi) is 8.47. The van der Waals surface area contributed by atoms with Crippen molar-refractivity contribution in [1.82, 2.24) is 4.72 Å². The van der Waals surface area contributed by atoms with Gasteiger partial charge in [0.1, 0.15) is 5.75 Å². The highest BCUT2D eigenvalue weighted by Crippen LogP contribution is 2.25. The number of carbonyl (C=O) groups excluding carboxylic acids is 1. The standard InChI is InChI=1S/C20H25BrN2O4S/c1-3-5-13-27-19-11-6-15(21)14-18(19)20(24)23-16-7-9-17(10-8-16)28(25,26)22-12-4-2/h6-11,14,22H,3-5,12-13H2,1-2H3,(H,23,24). The second kappa shape index (κ2) is 10.6. The van der Waals surface area contributed by atoms with Gasteiger partial charge in [-0.05, 0) is 55.3 Å². The van der Waals surface area contributed by atoms with Crippen molar-refractivity contribution >= 4 is 37.5 Å². The van der Waals surface area contributed by atoms with Crippen LogP contribution in [0.15, 0.2) is 51.8 Å². The van der Waals surface area contributed by atoms with Gasteiger partial charge < -0.3 is 10.1 Å². The molecule has 28 heavy (non-hydrogen) atoms. The molecule has 2 N–H and O–H groups in total. The number of amides is 1. The number of unbranched alkanes of at least 4 members (excludes halogenated alkanes) is 1. The number of rotatable bonds is 10. The van der Waals surface area contributed by atoms with E-state index in [1.807, 2.05) is 13.0 Å². The summed E-state index contributed by atoms with van der Waals surface area (Å²) in [6, 6.07) is 11.3. The molecule has 0 unspecified atom stereocenters. The molecule has 0 fully saturated rings. The van der Waals surface area contributed by atoms with E-state index in [0.717, 1.165) is 17.3 Å². The van der Waals surface area contributed by atoms with E-state index in [-0.39, 0.29) is 10.8 Å². The van der Waals surface area contributed by atoms with Crippen LogP contribution in [0.3, 0.4) is 0 Å². The second-order valence-electron chi connectivity index (χ2n) is 6.22. The molecule has 152 valence electrons. The molecule has 0 aliphatic rings. The number of anilines is 1. The van der Waals surface area contributed by atoms with Crippen LogP contribution in [0.25, 0.3) is 0 Å². The van der Waals surface area contributed by atoms with Gasteiger partial charge in [-0.2, -0.15) is 0 Å². The van der Waals surface area contributed by atoms with E-state index >= 15 is 0 Å². The first-order valence-corrected chi connectivity index (χ1v) is 11.5. The Morgan fingerprint density at radius 1 is 1.07 bits per heavy atom. The monoisotopic (exact) mass is 468 g/mol. The van der Waals surface area contributed by atoms with Gasteiger partial charge >= 0.3 is 0 Å². The Morgan fingerprint density at radius 3 is 2.43 bits per heavy atom. The minimum atomic E-state index is -3.53. The summed E-state index contributed by atoms with van der Waals surface area (Å²) < 4.78 is 33.3. The third-order valence-electron chi connectivity index (χ3n) is 3.91. The highest BCUT2D eigenvalue weighted by molar-refractivity contribution is 9.10. The molecule has 0 bridgehead atoms. The van der Waals surface area contributed by atoms with Crippen LogP contribution in [0.5, 0.6) is 5.75 Å². The molecule has 0 aliphatic carbocycles. The number of hydrogen-bond acceptors (Lipinski definition) is 4. The summed E-state index contributed by atoms with van der Waals surface area (Å²) in [4.78, 5) is 12.9. The van der Waals surface area contributed by atoms with Gasteiger partial charge in [-0.15, -0.1) is 0 Å². The number of halogens is 1. The SMILES string of the molecule is CCCCOc1ccc(Br)cc1C(=O)Nc1ccc(S(=O)(=O)NCCC)cc1. The van der Waals surface area contributed by atoms with Crippen LogP contribution in [0.4, 0.5) is 5.69 Å². The third-order valence-corrected chi connectivity index (χ3v) is 5.88.